The molecular formula is C11H8BrNO. The van der Waals surface area contributed by atoms with E-state index in [4.69, 9.17) is 11.2 Å². The van der Waals surface area contributed by atoms with Crippen LogP contribution < -0.4 is 4.74 Å². The number of terminal acetylenes is 1. The quantitative estimate of drug-likeness (QED) is 0.814. The Balaban J connectivity index is 2.46. The maximum absolute atomic E-state index is 5.37. The van der Waals surface area contributed by atoms with Crippen molar-refractivity contribution in [3.8, 4) is 18.1 Å². The third-order valence-electron chi connectivity index (χ3n) is 1.94. The van der Waals surface area contributed by atoms with E-state index in [1.165, 1.54) is 0 Å². The first-order valence-corrected chi connectivity index (χ1v) is 4.94. The second kappa shape index (κ2) is 3.77. The average Bonchev–Trinajstić information content (AvgIpc) is 2.66. The Bertz CT molecular complexity index is 495. The van der Waals surface area contributed by atoms with Crippen LogP contribution in [0.3, 0.4) is 0 Å². The van der Waals surface area contributed by atoms with Gasteiger partial charge in [-0.3, -0.25) is 0 Å². The lowest BCUT2D eigenvalue weighted by molar-refractivity contribution is 0.369. The number of aromatic amines is 1. The molecule has 0 fully saturated rings. The summed E-state index contributed by atoms with van der Waals surface area (Å²) < 4.78 is 6.30. The minimum absolute atomic E-state index is 0.286. The zero-order chi connectivity index (χ0) is 9.97. The molecule has 2 rings (SSSR count). The highest BCUT2D eigenvalue weighted by atomic mass is 79.9. The van der Waals surface area contributed by atoms with Crippen LogP contribution in [0, 0.1) is 12.3 Å². The second-order valence-electron chi connectivity index (χ2n) is 2.81. The Morgan fingerprint density at radius 3 is 3.07 bits per heavy atom. The van der Waals surface area contributed by atoms with Gasteiger partial charge in [0.1, 0.15) is 12.4 Å². The fourth-order valence-corrected chi connectivity index (χ4v) is 1.90. The van der Waals surface area contributed by atoms with E-state index < -0.39 is 0 Å². The van der Waals surface area contributed by atoms with Gasteiger partial charge >= 0.3 is 0 Å². The van der Waals surface area contributed by atoms with Crippen LogP contribution in [0.5, 0.6) is 5.75 Å². The maximum Gasteiger partial charge on any atom is 0.148 e. The molecule has 0 saturated heterocycles. The molecule has 1 heterocycles. The van der Waals surface area contributed by atoms with E-state index in [0.717, 1.165) is 21.1 Å². The minimum atomic E-state index is 0.286. The summed E-state index contributed by atoms with van der Waals surface area (Å²) in [6.07, 6.45) is 7.01. The summed E-state index contributed by atoms with van der Waals surface area (Å²) in [6.45, 7) is 0.286. The van der Waals surface area contributed by atoms with E-state index in [1.807, 2.05) is 24.4 Å². The van der Waals surface area contributed by atoms with Crippen molar-refractivity contribution in [2.45, 2.75) is 0 Å². The molecule has 1 N–H and O–H groups in total. The number of hydrogen-bond acceptors (Lipinski definition) is 1. The van der Waals surface area contributed by atoms with Crippen molar-refractivity contribution in [2.75, 3.05) is 6.61 Å². The first-order valence-electron chi connectivity index (χ1n) is 4.15. The summed E-state index contributed by atoms with van der Waals surface area (Å²) in [5.41, 5.74) is 1.07. The summed E-state index contributed by atoms with van der Waals surface area (Å²) in [6, 6.07) is 5.84. The molecule has 1 aromatic heterocycles. The molecule has 0 atom stereocenters. The highest BCUT2D eigenvalue weighted by molar-refractivity contribution is 9.10. The SMILES string of the molecule is C#CCOc1ccc2[nH]ccc2c1Br. The number of nitrogens with one attached hydrogen (secondary N) is 1. The lowest BCUT2D eigenvalue weighted by Crippen LogP contribution is -1.93. The number of H-pyrrole nitrogens is 1. The zero-order valence-corrected chi connectivity index (χ0v) is 8.97. The van der Waals surface area contributed by atoms with E-state index in [2.05, 4.69) is 26.8 Å². The topological polar surface area (TPSA) is 25.0 Å². The van der Waals surface area contributed by atoms with Gasteiger partial charge in [-0.05, 0) is 34.1 Å². The van der Waals surface area contributed by atoms with Gasteiger partial charge in [0.25, 0.3) is 0 Å². The van der Waals surface area contributed by atoms with Crippen LogP contribution in [0.25, 0.3) is 10.9 Å². The van der Waals surface area contributed by atoms with Crippen molar-refractivity contribution in [3.63, 3.8) is 0 Å². The third kappa shape index (κ3) is 1.49. The largest absolute Gasteiger partial charge is 0.480 e. The van der Waals surface area contributed by atoms with Gasteiger partial charge in [0.2, 0.25) is 0 Å². The van der Waals surface area contributed by atoms with Crippen molar-refractivity contribution in [2.24, 2.45) is 0 Å². The van der Waals surface area contributed by atoms with E-state index in [-0.39, 0.29) is 6.61 Å². The number of fused-ring (bicyclic) bond motifs is 1. The molecule has 14 heavy (non-hydrogen) atoms. The Morgan fingerprint density at radius 1 is 1.43 bits per heavy atom. The van der Waals surface area contributed by atoms with E-state index in [1.54, 1.807) is 0 Å². The summed E-state index contributed by atoms with van der Waals surface area (Å²) in [5.74, 6) is 3.21. The molecular weight excluding hydrogens is 242 g/mol. The minimum Gasteiger partial charge on any atom is -0.480 e. The van der Waals surface area contributed by atoms with Gasteiger partial charge in [0, 0.05) is 17.1 Å². The van der Waals surface area contributed by atoms with Crippen LogP contribution in [-0.2, 0) is 0 Å². The van der Waals surface area contributed by atoms with Gasteiger partial charge in [-0.1, -0.05) is 5.92 Å². The Morgan fingerprint density at radius 2 is 2.29 bits per heavy atom. The maximum atomic E-state index is 5.37. The van der Waals surface area contributed by atoms with E-state index >= 15 is 0 Å². The monoisotopic (exact) mass is 249 g/mol. The fraction of sp³-hybridized carbons (Fsp3) is 0.0909. The van der Waals surface area contributed by atoms with Crippen LogP contribution >= 0.6 is 15.9 Å². The van der Waals surface area contributed by atoms with Gasteiger partial charge < -0.3 is 9.72 Å². The molecule has 0 radical (unpaired) electrons. The van der Waals surface area contributed by atoms with Gasteiger partial charge in [-0.25, -0.2) is 0 Å². The molecule has 3 heteroatoms. The molecule has 0 saturated carbocycles. The summed E-state index contributed by atoms with van der Waals surface area (Å²) in [4.78, 5) is 3.12. The summed E-state index contributed by atoms with van der Waals surface area (Å²) >= 11 is 3.48. The van der Waals surface area contributed by atoms with Crippen LogP contribution in [0.15, 0.2) is 28.9 Å². The second-order valence-corrected chi connectivity index (χ2v) is 3.60. The third-order valence-corrected chi connectivity index (χ3v) is 2.76. The number of halogens is 1. The smallest absolute Gasteiger partial charge is 0.148 e. The van der Waals surface area contributed by atoms with Crippen molar-refractivity contribution in [1.82, 2.24) is 4.98 Å². The van der Waals surface area contributed by atoms with Crippen molar-refractivity contribution < 1.29 is 4.74 Å². The van der Waals surface area contributed by atoms with Gasteiger partial charge in [-0.2, -0.15) is 0 Å². The molecule has 0 aliphatic rings. The van der Waals surface area contributed by atoms with Crippen molar-refractivity contribution >= 4 is 26.8 Å². The van der Waals surface area contributed by atoms with Crippen molar-refractivity contribution in [1.29, 1.82) is 0 Å². The van der Waals surface area contributed by atoms with E-state index in [9.17, 15) is 0 Å². The molecule has 0 aliphatic carbocycles. The average molecular weight is 250 g/mol. The molecule has 2 aromatic rings. The Kier molecular flexibility index (Phi) is 2.47. The summed E-state index contributed by atoms with van der Waals surface area (Å²) in [7, 11) is 0. The standard InChI is InChI=1S/C11H8BrNO/c1-2-7-14-10-4-3-9-8(11(10)12)5-6-13-9/h1,3-6,13H,7H2. The van der Waals surface area contributed by atoms with E-state index in [0.29, 0.717) is 0 Å². The van der Waals surface area contributed by atoms with Crippen LogP contribution in [0.2, 0.25) is 0 Å². The molecule has 0 aliphatic heterocycles. The fourth-order valence-electron chi connectivity index (χ4n) is 1.31. The molecule has 0 unspecified atom stereocenters. The van der Waals surface area contributed by atoms with Crippen LogP contribution in [0.1, 0.15) is 0 Å². The number of aromatic nitrogens is 1. The zero-order valence-electron chi connectivity index (χ0n) is 7.38. The van der Waals surface area contributed by atoms with Crippen LogP contribution in [-0.4, -0.2) is 11.6 Å². The molecule has 70 valence electrons. The lowest BCUT2D eigenvalue weighted by Gasteiger charge is -2.05. The van der Waals surface area contributed by atoms with Crippen LogP contribution in [0.4, 0.5) is 0 Å². The Labute approximate surface area is 90.4 Å². The highest BCUT2D eigenvalue weighted by Gasteiger charge is 2.05. The molecule has 0 amide bonds. The number of ether oxygens (including phenoxy) is 1. The van der Waals surface area contributed by atoms with Gasteiger partial charge in [0.15, 0.2) is 0 Å². The molecule has 2 nitrogen and oxygen atoms in total. The molecule has 1 aromatic carbocycles. The lowest BCUT2D eigenvalue weighted by atomic mass is 10.2. The Hall–Kier alpha value is -1.40. The normalized spacial score (nSPS) is 10.0. The van der Waals surface area contributed by atoms with Gasteiger partial charge in [-0.15, -0.1) is 6.42 Å². The number of rotatable bonds is 2. The summed E-state index contributed by atoms with van der Waals surface area (Å²) in [5, 5.41) is 1.10. The predicted molar refractivity (Wildman–Crippen MR) is 60.3 cm³/mol. The first kappa shape index (κ1) is 9.17. The molecule has 0 spiro atoms. The number of hydrogen-bond donors (Lipinski definition) is 1. The van der Waals surface area contributed by atoms with Crippen molar-refractivity contribution in [3.05, 3.63) is 28.9 Å². The number of benzene rings is 1. The first-order chi connectivity index (χ1) is 6.83. The molecule has 0 bridgehead atoms. The predicted octanol–water partition coefficient (Wildman–Crippen LogP) is 2.94. The van der Waals surface area contributed by atoms with Gasteiger partial charge in [0.05, 0.1) is 4.47 Å². The highest BCUT2D eigenvalue weighted by Crippen LogP contribution is 2.32.